The standard InChI is InChI=1S/C14H16N2O/c1-17-13-7-5-12(6-8-13)9-11-16-14-4-2-3-10-15-14/h2-8,10H,9,11H2,1H3,(H,15,16). The molecule has 0 saturated carbocycles. The molecule has 3 nitrogen and oxygen atoms in total. The zero-order chi connectivity index (χ0) is 11.9. The van der Waals surface area contributed by atoms with Crippen LogP contribution in [0.3, 0.4) is 0 Å². The number of nitrogens with one attached hydrogen (secondary N) is 1. The molecule has 88 valence electrons. The summed E-state index contributed by atoms with van der Waals surface area (Å²) in [5, 5.41) is 3.28. The van der Waals surface area contributed by atoms with E-state index in [1.165, 1.54) is 5.56 Å². The zero-order valence-corrected chi connectivity index (χ0v) is 9.89. The Morgan fingerprint density at radius 1 is 1.12 bits per heavy atom. The third kappa shape index (κ3) is 3.48. The molecule has 0 spiro atoms. The molecule has 0 amide bonds. The van der Waals surface area contributed by atoms with Crippen molar-refractivity contribution in [2.45, 2.75) is 6.42 Å². The Bertz CT molecular complexity index is 440. The van der Waals surface area contributed by atoms with Crippen LogP contribution < -0.4 is 10.1 Å². The van der Waals surface area contributed by atoms with Gasteiger partial charge in [-0.3, -0.25) is 0 Å². The van der Waals surface area contributed by atoms with Gasteiger partial charge in [-0.05, 0) is 36.2 Å². The van der Waals surface area contributed by atoms with E-state index in [1.54, 1.807) is 13.3 Å². The summed E-state index contributed by atoms with van der Waals surface area (Å²) < 4.78 is 5.12. The molecule has 0 unspecified atom stereocenters. The molecule has 1 aromatic heterocycles. The highest BCUT2D eigenvalue weighted by atomic mass is 16.5. The minimum Gasteiger partial charge on any atom is -0.497 e. The average molecular weight is 228 g/mol. The largest absolute Gasteiger partial charge is 0.497 e. The van der Waals surface area contributed by atoms with Gasteiger partial charge in [-0.1, -0.05) is 18.2 Å². The zero-order valence-electron chi connectivity index (χ0n) is 9.89. The van der Waals surface area contributed by atoms with Crippen LogP contribution in [0.4, 0.5) is 5.82 Å². The number of aromatic nitrogens is 1. The number of methoxy groups -OCH3 is 1. The Kier molecular flexibility index (Phi) is 3.97. The van der Waals surface area contributed by atoms with Gasteiger partial charge < -0.3 is 10.1 Å². The third-order valence-corrected chi connectivity index (χ3v) is 2.54. The molecular weight excluding hydrogens is 212 g/mol. The van der Waals surface area contributed by atoms with Gasteiger partial charge in [-0.2, -0.15) is 0 Å². The second-order valence-electron chi connectivity index (χ2n) is 3.74. The van der Waals surface area contributed by atoms with Crippen LogP contribution in [0, 0.1) is 0 Å². The first-order valence-electron chi connectivity index (χ1n) is 5.66. The van der Waals surface area contributed by atoms with Gasteiger partial charge in [0.05, 0.1) is 7.11 Å². The second kappa shape index (κ2) is 5.89. The van der Waals surface area contributed by atoms with Crippen LogP contribution >= 0.6 is 0 Å². The Hall–Kier alpha value is -2.03. The quantitative estimate of drug-likeness (QED) is 0.854. The minimum absolute atomic E-state index is 0.878. The molecular formula is C14H16N2O. The molecule has 0 atom stereocenters. The molecule has 2 rings (SSSR count). The fourth-order valence-corrected chi connectivity index (χ4v) is 1.59. The molecule has 3 heteroatoms. The molecule has 0 bridgehead atoms. The van der Waals surface area contributed by atoms with E-state index >= 15 is 0 Å². The Labute approximate surface area is 101 Å². The van der Waals surface area contributed by atoms with E-state index in [4.69, 9.17) is 4.74 Å². The highest BCUT2D eigenvalue weighted by Gasteiger charge is 1.95. The topological polar surface area (TPSA) is 34.1 Å². The van der Waals surface area contributed by atoms with E-state index in [-0.39, 0.29) is 0 Å². The van der Waals surface area contributed by atoms with E-state index in [0.717, 1.165) is 24.5 Å². The third-order valence-electron chi connectivity index (χ3n) is 2.54. The number of hydrogen-bond donors (Lipinski definition) is 1. The van der Waals surface area contributed by atoms with Crippen LogP contribution in [-0.4, -0.2) is 18.6 Å². The second-order valence-corrected chi connectivity index (χ2v) is 3.74. The summed E-state index contributed by atoms with van der Waals surface area (Å²) in [5.74, 6) is 1.81. The molecule has 1 aromatic carbocycles. The molecule has 0 fully saturated rings. The Morgan fingerprint density at radius 3 is 2.59 bits per heavy atom. The van der Waals surface area contributed by atoms with Gasteiger partial charge in [0.1, 0.15) is 11.6 Å². The normalized spacial score (nSPS) is 9.94. The lowest BCUT2D eigenvalue weighted by atomic mass is 10.1. The Morgan fingerprint density at radius 2 is 1.94 bits per heavy atom. The fourth-order valence-electron chi connectivity index (χ4n) is 1.59. The molecule has 0 radical (unpaired) electrons. The van der Waals surface area contributed by atoms with Crippen LogP contribution in [0.5, 0.6) is 5.75 Å². The van der Waals surface area contributed by atoms with Gasteiger partial charge in [0, 0.05) is 12.7 Å². The summed E-state index contributed by atoms with van der Waals surface area (Å²) in [7, 11) is 1.68. The number of anilines is 1. The first-order valence-corrected chi connectivity index (χ1v) is 5.66. The highest BCUT2D eigenvalue weighted by molar-refractivity contribution is 5.34. The number of benzene rings is 1. The van der Waals surface area contributed by atoms with E-state index in [9.17, 15) is 0 Å². The Balaban J connectivity index is 1.82. The number of pyridine rings is 1. The maximum Gasteiger partial charge on any atom is 0.125 e. The minimum atomic E-state index is 0.878. The van der Waals surface area contributed by atoms with E-state index < -0.39 is 0 Å². The van der Waals surface area contributed by atoms with Crippen molar-refractivity contribution in [1.29, 1.82) is 0 Å². The molecule has 2 aromatic rings. The van der Waals surface area contributed by atoms with Crippen molar-refractivity contribution >= 4 is 5.82 Å². The maximum absolute atomic E-state index is 5.12. The molecule has 17 heavy (non-hydrogen) atoms. The maximum atomic E-state index is 5.12. The predicted molar refractivity (Wildman–Crippen MR) is 69.4 cm³/mol. The van der Waals surface area contributed by atoms with Crippen LogP contribution in [0.15, 0.2) is 48.7 Å². The fraction of sp³-hybridized carbons (Fsp3) is 0.214. The van der Waals surface area contributed by atoms with Crippen LogP contribution in [0.2, 0.25) is 0 Å². The number of hydrogen-bond acceptors (Lipinski definition) is 3. The number of nitrogens with zero attached hydrogens (tertiary/aromatic N) is 1. The first kappa shape index (κ1) is 11.5. The monoisotopic (exact) mass is 228 g/mol. The van der Waals surface area contributed by atoms with Crippen molar-refractivity contribution < 1.29 is 4.74 Å². The lowest BCUT2D eigenvalue weighted by molar-refractivity contribution is 0.414. The smallest absolute Gasteiger partial charge is 0.125 e. The molecule has 0 aliphatic carbocycles. The molecule has 1 N–H and O–H groups in total. The number of ether oxygens (including phenoxy) is 1. The lowest BCUT2D eigenvalue weighted by Gasteiger charge is -2.06. The molecule has 0 saturated heterocycles. The van der Waals surface area contributed by atoms with Gasteiger partial charge >= 0.3 is 0 Å². The summed E-state index contributed by atoms with van der Waals surface area (Å²) in [6.07, 6.45) is 2.76. The lowest BCUT2D eigenvalue weighted by Crippen LogP contribution is -2.05. The summed E-state index contributed by atoms with van der Waals surface area (Å²) in [4.78, 5) is 4.21. The van der Waals surface area contributed by atoms with Crippen molar-refractivity contribution in [1.82, 2.24) is 4.98 Å². The van der Waals surface area contributed by atoms with E-state index in [1.807, 2.05) is 30.3 Å². The highest BCUT2D eigenvalue weighted by Crippen LogP contribution is 2.11. The van der Waals surface area contributed by atoms with Gasteiger partial charge in [0.15, 0.2) is 0 Å². The predicted octanol–water partition coefficient (Wildman–Crippen LogP) is 2.74. The molecule has 0 aliphatic heterocycles. The van der Waals surface area contributed by atoms with Crippen molar-refractivity contribution in [2.24, 2.45) is 0 Å². The van der Waals surface area contributed by atoms with E-state index in [2.05, 4.69) is 22.4 Å². The number of rotatable bonds is 5. The molecule has 1 heterocycles. The first-order chi connectivity index (χ1) is 8.38. The van der Waals surface area contributed by atoms with Crippen molar-refractivity contribution in [3.63, 3.8) is 0 Å². The van der Waals surface area contributed by atoms with Crippen molar-refractivity contribution in [3.8, 4) is 5.75 Å². The van der Waals surface area contributed by atoms with Gasteiger partial charge in [0.2, 0.25) is 0 Å². The summed E-state index contributed by atoms with van der Waals surface area (Å²) >= 11 is 0. The van der Waals surface area contributed by atoms with Crippen molar-refractivity contribution in [3.05, 3.63) is 54.2 Å². The van der Waals surface area contributed by atoms with Gasteiger partial charge in [-0.15, -0.1) is 0 Å². The molecule has 0 aliphatic rings. The average Bonchev–Trinajstić information content (AvgIpc) is 2.41. The summed E-state index contributed by atoms with van der Waals surface area (Å²) in [6, 6.07) is 14.0. The van der Waals surface area contributed by atoms with Crippen molar-refractivity contribution in [2.75, 3.05) is 19.0 Å². The van der Waals surface area contributed by atoms with Crippen LogP contribution in [0.25, 0.3) is 0 Å². The SMILES string of the molecule is COc1ccc(CCNc2ccccn2)cc1. The van der Waals surface area contributed by atoms with Gasteiger partial charge in [-0.25, -0.2) is 4.98 Å². The summed E-state index contributed by atoms with van der Waals surface area (Å²) in [5.41, 5.74) is 1.29. The van der Waals surface area contributed by atoms with Crippen LogP contribution in [-0.2, 0) is 6.42 Å². The summed E-state index contributed by atoms with van der Waals surface area (Å²) in [6.45, 7) is 0.878. The van der Waals surface area contributed by atoms with Crippen LogP contribution in [0.1, 0.15) is 5.56 Å². The van der Waals surface area contributed by atoms with E-state index in [0.29, 0.717) is 0 Å². The van der Waals surface area contributed by atoms with Gasteiger partial charge in [0.25, 0.3) is 0 Å².